The summed E-state index contributed by atoms with van der Waals surface area (Å²) in [4.78, 5) is 57.9. The molecular weight excluding hydrogens is 656 g/mol. The van der Waals surface area contributed by atoms with Crippen LogP contribution in [-0.4, -0.2) is 47.7 Å². The molecule has 0 radical (unpaired) electrons. The summed E-state index contributed by atoms with van der Waals surface area (Å²) in [5.41, 5.74) is 0.687. The molecule has 2 aliphatic heterocycles. The third kappa shape index (κ3) is 3.91. The van der Waals surface area contributed by atoms with Crippen LogP contribution in [-0.2, 0) is 30.2 Å². The summed E-state index contributed by atoms with van der Waals surface area (Å²) in [6.07, 6.45) is 2.00. The van der Waals surface area contributed by atoms with Gasteiger partial charge < -0.3 is 9.84 Å². The van der Waals surface area contributed by atoms with Gasteiger partial charge in [-0.1, -0.05) is 23.7 Å². The van der Waals surface area contributed by atoms with Crippen LogP contribution >= 0.6 is 22.9 Å². The lowest BCUT2D eigenvalue weighted by Crippen LogP contribution is -2.49. The second kappa shape index (κ2) is 10.3. The summed E-state index contributed by atoms with van der Waals surface area (Å²) in [5.74, 6) is -1.92. The molecule has 2 fully saturated rings. The van der Waals surface area contributed by atoms with Gasteiger partial charge in [-0.3, -0.25) is 14.3 Å². The third-order valence-electron chi connectivity index (χ3n) is 10.5. The van der Waals surface area contributed by atoms with Crippen LogP contribution in [0.5, 0.6) is 11.5 Å². The van der Waals surface area contributed by atoms with E-state index in [9.17, 15) is 24.3 Å². The summed E-state index contributed by atoms with van der Waals surface area (Å²) in [5, 5.41) is 17.2. The number of hydrogen-bond acceptors (Lipinski definition) is 8. The molecule has 1 N–H and O–H groups in total. The summed E-state index contributed by atoms with van der Waals surface area (Å²) in [6, 6.07) is 11.7. The van der Waals surface area contributed by atoms with Gasteiger partial charge in [0.25, 0.3) is 0 Å². The quantitative estimate of drug-likeness (QED) is 0.217. The van der Waals surface area contributed by atoms with E-state index in [1.807, 2.05) is 31.2 Å². The molecule has 12 nitrogen and oxygen atoms in total. The van der Waals surface area contributed by atoms with Crippen molar-refractivity contribution in [3.05, 3.63) is 91.2 Å². The van der Waals surface area contributed by atoms with Crippen LogP contribution in [0.15, 0.2) is 63.7 Å². The number of carbonyl (C=O) groups is 2. The third-order valence-corrected chi connectivity index (χ3v) is 12.0. The fourth-order valence-electron chi connectivity index (χ4n) is 8.09. The number of methoxy groups -OCH3 is 1. The number of thiophene rings is 1. The Bertz CT molecular complexity index is 2400. The van der Waals surface area contributed by atoms with Crippen LogP contribution in [0.3, 0.4) is 0 Å². The van der Waals surface area contributed by atoms with E-state index in [4.69, 9.17) is 21.4 Å². The number of imide groups is 1. The number of nitrogens with zero attached hydrogens (tertiary/aromatic N) is 6. The first kappa shape index (κ1) is 30.5. The van der Waals surface area contributed by atoms with Crippen molar-refractivity contribution in [1.82, 2.24) is 23.7 Å². The monoisotopic (exact) mass is 686 g/mol. The molecule has 1 aliphatic carbocycles. The number of benzene rings is 2. The van der Waals surface area contributed by atoms with E-state index >= 15 is 0 Å². The Morgan fingerprint density at radius 2 is 1.83 bits per heavy atom. The Labute approximate surface area is 282 Å². The number of anilines is 1. The highest BCUT2D eigenvalue weighted by molar-refractivity contribution is 7.22. The Balaban J connectivity index is 1.28. The number of fused-ring (bicyclic) bond motifs is 5. The topological polar surface area (TPSA) is 134 Å². The van der Waals surface area contributed by atoms with Crippen LogP contribution in [0.4, 0.5) is 5.82 Å². The van der Waals surface area contributed by atoms with Gasteiger partial charge in [-0.05, 0) is 72.7 Å². The number of aromatic nitrogens is 5. The van der Waals surface area contributed by atoms with Crippen LogP contribution in [0.25, 0.3) is 20.7 Å². The number of amides is 2. The summed E-state index contributed by atoms with van der Waals surface area (Å²) in [6.45, 7) is 3.90. The van der Waals surface area contributed by atoms with Gasteiger partial charge in [-0.25, -0.2) is 28.4 Å². The molecule has 48 heavy (non-hydrogen) atoms. The largest absolute Gasteiger partial charge is 0.504 e. The van der Waals surface area contributed by atoms with Gasteiger partial charge in [0.05, 0.1) is 35.9 Å². The van der Waals surface area contributed by atoms with E-state index < -0.39 is 46.5 Å². The van der Waals surface area contributed by atoms with Crippen LogP contribution in [0.1, 0.15) is 36.4 Å². The molecule has 8 rings (SSSR count). The number of allylic oxidation sites excluding steroid dienone is 2. The van der Waals surface area contributed by atoms with Gasteiger partial charge in [0.15, 0.2) is 11.5 Å². The van der Waals surface area contributed by atoms with Gasteiger partial charge in [0.2, 0.25) is 11.8 Å². The number of phenols is 1. The SMILES string of the molecule is COc1ccc(C2C3=CCn4c(=O)n(C)c(=O)n4C3CC3C(=O)N(c4cc(-c5sc6ccc(Cl)cc6c5C)nn4C)C(=O)C32C)cc1O. The zero-order valence-corrected chi connectivity index (χ0v) is 28.3. The molecule has 246 valence electrons. The first-order valence-corrected chi connectivity index (χ1v) is 16.6. The van der Waals surface area contributed by atoms with Crippen LogP contribution < -0.4 is 21.0 Å². The Hall–Kier alpha value is -4.88. The predicted octanol–water partition coefficient (Wildman–Crippen LogP) is 4.50. The minimum atomic E-state index is -1.30. The van der Waals surface area contributed by atoms with Gasteiger partial charge in [-0.2, -0.15) is 5.10 Å². The van der Waals surface area contributed by atoms with Crippen molar-refractivity contribution < 1.29 is 19.4 Å². The van der Waals surface area contributed by atoms with Crippen molar-refractivity contribution in [1.29, 1.82) is 0 Å². The smallest absolute Gasteiger partial charge is 0.347 e. The zero-order chi connectivity index (χ0) is 34.0. The Kier molecular flexibility index (Phi) is 6.54. The number of rotatable bonds is 4. The molecule has 5 aromatic rings. The maximum Gasteiger partial charge on any atom is 0.347 e. The minimum absolute atomic E-state index is 0.118. The minimum Gasteiger partial charge on any atom is -0.504 e. The lowest BCUT2D eigenvalue weighted by Gasteiger charge is -2.47. The van der Waals surface area contributed by atoms with Crippen molar-refractivity contribution >= 4 is 50.7 Å². The molecule has 1 saturated carbocycles. The molecular formula is C34H31ClN6O6S. The first-order chi connectivity index (χ1) is 22.9. The fraction of sp³-hybridized carbons (Fsp3) is 0.324. The number of carbonyl (C=O) groups excluding carboxylic acids is 2. The van der Waals surface area contributed by atoms with Crippen molar-refractivity contribution in [3.63, 3.8) is 0 Å². The maximum absolute atomic E-state index is 14.9. The van der Waals surface area contributed by atoms with E-state index in [2.05, 4.69) is 0 Å². The molecule has 3 aliphatic rings. The highest BCUT2D eigenvalue weighted by Gasteiger charge is 2.66. The van der Waals surface area contributed by atoms with Gasteiger partial charge in [0, 0.05) is 35.8 Å². The normalized spacial score (nSPS) is 23.3. The van der Waals surface area contributed by atoms with Gasteiger partial charge >= 0.3 is 11.4 Å². The number of phenolic OH excluding ortho intramolecular Hbond substituents is 1. The van der Waals surface area contributed by atoms with E-state index in [0.29, 0.717) is 22.1 Å². The second-order valence-electron chi connectivity index (χ2n) is 12.9. The number of hydrogen-bond donors (Lipinski definition) is 1. The van der Waals surface area contributed by atoms with Crippen molar-refractivity contribution in [2.75, 3.05) is 12.0 Å². The Morgan fingerprint density at radius 3 is 2.56 bits per heavy atom. The highest BCUT2D eigenvalue weighted by Crippen LogP contribution is 2.61. The van der Waals surface area contributed by atoms with Crippen molar-refractivity contribution in [2.24, 2.45) is 25.4 Å². The Morgan fingerprint density at radius 1 is 1.06 bits per heavy atom. The highest BCUT2D eigenvalue weighted by atomic mass is 35.5. The molecule has 1 saturated heterocycles. The van der Waals surface area contributed by atoms with Gasteiger partial charge in [-0.15, -0.1) is 11.3 Å². The molecule has 4 atom stereocenters. The van der Waals surface area contributed by atoms with E-state index in [0.717, 1.165) is 30.7 Å². The second-order valence-corrected chi connectivity index (χ2v) is 14.4. The molecule has 0 spiro atoms. The number of aryl methyl sites for hydroxylation is 2. The molecule has 14 heteroatoms. The summed E-state index contributed by atoms with van der Waals surface area (Å²) < 4.78 is 11.7. The standard InChI is InChI=1S/C34H31ClN6O6S/c1-16-20-13-18(35)7-9-26(20)48-29(16)22-15-27(38(4)36-22)40-30(43)21-14-23-19(10-11-39-32(45)37(3)33(46)41(23)39)28(34(21,2)31(40)44)17-6-8-25(47-5)24(42)12-17/h6-10,12-13,15,21,23,28,42H,11,14H2,1-5H3. The van der Waals surface area contributed by atoms with Crippen LogP contribution in [0.2, 0.25) is 5.02 Å². The summed E-state index contributed by atoms with van der Waals surface area (Å²) >= 11 is 7.84. The molecule has 3 aromatic heterocycles. The van der Waals surface area contributed by atoms with E-state index in [-0.39, 0.29) is 24.5 Å². The maximum atomic E-state index is 14.9. The fourth-order valence-corrected chi connectivity index (χ4v) is 9.40. The molecule has 5 heterocycles. The van der Waals surface area contributed by atoms with Crippen molar-refractivity contribution in [3.8, 4) is 22.1 Å². The van der Waals surface area contributed by atoms with Gasteiger partial charge in [0.1, 0.15) is 11.5 Å². The number of ether oxygens (including phenoxy) is 1. The first-order valence-electron chi connectivity index (χ1n) is 15.4. The molecule has 4 unspecified atom stereocenters. The molecule has 0 bridgehead atoms. The average molecular weight is 687 g/mol. The molecule has 2 aromatic carbocycles. The zero-order valence-electron chi connectivity index (χ0n) is 26.7. The van der Waals surface area contributed by atoms with E-state index in [1.54, 1.807) is 54.3 Å². The lowest BCUT2D eigenvalue weighted by molar-refractivity contribution is -0.129. The van der Waals surface area contributed by atoms with E-state index in [1.165, 1.54) is 28.4 Å². The number of halogens is 1. The number of aromatic hydroxyl groups is 1. The summed E-state index contributed by atoms with van der Waals surface area (Å²) in [7, 11) is 4.57. The van der Waals surface area contributed by atoms with Crippen molar-refractivity contribution in [2.45, 2.75) is 38.8 Å². The average Bonchev–Trinajstić information content (AvgIpc) is 3.72. The predicted molar refractivity (Wildman–Crippen MR) is 181 cm³/mol. The van der Waals surface area contributed by atoms with Crippen LogP contribution in [0, 0.1) is 18.3 Å². The molecule has 2 amide bonds. The lowest BCUT2D eigenvalue weighted by atomic mass is 9.56.